The van der Waals surface area contributed by atoms with Crippen LogP contribution in [0.4, 0.5) is 0 Å². The largest absolute Gasteiger partial charge is 0.425 e. The van der Waals surface area contributed by atoms with E-state index in [0.717, 1.165) is 16.7 Å². The van der Waals surface area contributed by atoms with E-state index in [9.17, 15) is 9.59 Å². The molecule has 0 radical (unpaired) electrons. The van der Waals surface area contributed by atoms with E-state index >= 15 is 0 Å². The van der Waals surface area contributed by atoms with Gasteiger partial charge in [0.05, 0.1) is 19.3 Å². The normalized spacial score (nSPS) is 11.1. The van der Waals surface area contributed by atoms with Crippen molar-refractivity contribution in [3.8, 4) is 28.0 Å². The van der Waals surface area contributed by atoms with Crippen molar-refractivity contribution in [2.24, 2.45) is 5.73 Å². The second-order valence-corrected chi connectivity index (χ2v) is 8.78. The summed E-state index contributed by atoms with van der Waals surface area (Å²) < 4.78 is 7.85. The zero-order chi connectivity index (χ0) is 25.2. The maximum Gasteiger partial charge on any atom is 0.367 e. The van der Waals surface area contributed by atoms with E-state index in [-0.39, 0.29) is 13.1 Å². The smallest absolute Gasteiger partial charge is 0.367 e. The van der Waals surface area contributed by atoms with Gasteiger partial charge in [-0.2, -0.15) is 9.61 Å². The number of aromatic nitrogens is 4. The fraction of sp³-hybridized carbons (Fsp3) is 0.0769. The van der Waals surface area contributed by atoms with E-state index in [1.54, 1.807) is 54.7 Å². The van der Waals surface area contributed by atoms with Crippen molar-refractivity contribution in [3.05, 3.63) is 105 Å². The molecule has 0 aliphatic carbocycles. The Labute approximate surface area is 215 Å². The van der Waals surface area contributed by atoms with E-state index in [1.807, 2.05) is 24.3 Å². The molecule has 0 fully saturated rings. The Morgan fingerprint density at radius 3 is 2.22 bits per heavy atom. The molecule has 0 amide bonds. The highest BCUT2D eigenvalue weighted by Crippen LogP contribution is 2.35. The summed E-state index contributed by atoms with van der Waals surface area (Å²) >= 11 is 12.2. The van der Waals surface area contributed by atoms with Gasteiger partial charge in [0.2, 0.25) is 0 Å². The number of esters is 1. The average Bonchev–Trinajstić information content (AvgIpc) is 3.20. The lowest BCUT2D eigenvalue weighted by Crippen LogP contribution is -2.24. The predicted molar refractivity (Wildman–Crippen MR) is 138 cm³/mol. The molecule has 0 spiro atoms. The van der Waals surface area contributed by atoms with Crippen molar-refractivity contribution >= 4 is 34.8 Å². The van der Waals surface area contributed by atoms with Crippen molar-refractivity contribution < 1.29 is 9.53 Å². The average molecular weight is 520 g/mol. The summed E-state index contributed by atoms with van der Waals surface area (Å²) in [5.41, 5.74) is 9.06. The van der Waals surface area contributed by atoms with Gasteiger partial charge in [-0.15, -0.1) is 5.10 Å². The lowest BCUT2D eigenvalue weighted by molar-refractivity contribution is -0.132. The summed E-state index contributed by atoms with van der Waals surface area (Å²) in [4.78, 5) is 25.0. The molecule has 2 N–H and O–H groups in total. The molecule has 0 aliphatic rings. The summed E-state index contributed by atoms with van der Waals surface area (Å²) in [6, 6.07) is 21.5. The molecule has 180 valence electrons. The maximum atomic E-state index is 13.3. The lowest BCUT2D eigenvalue weighted by Gasteiger charge is -2.11. The van der Waals surface area contributed by atoms with E-state index in [0.29, 0.717) is 32.6 Å². The van der Waals surface area contributed by atoms with Crippen LogP contribution in [0.5, 0.6) is 5.75 Å². The Kier molecular flexibility index (Phi) is 6.56. The molecule has 8 nitrogen and oxygen atoms in total. The summed E-state index contributed by atoms with van der Waals surface area (Å²) in [6.07, 6.45) is 1.63. The van der Waals surface area contributed by atoms with Gasteiger partial charge >= 0.3 is 11.7 Å². The van der Waals surface area contributed by atoms with E-state index in [4.69, 9.17) is 33.7 Å². The third-order valence-corrected chi connectivity index (χ3v) is 6.09. The maximum absolute atomic E-state index is 13.3. The highest BCUT2D eigenvalue weighted by atomic mass is 35.5. The Hall–Kier alpha value is -3.98. The van der Waals surface area contributed by atoms with Gasteiger partial charge < -0.3 is 10.5 Å². The summed E-state index contributed by atoms with van der Waals surface area (Å²) in [5.74, 6) is -0.270. The molecule has 0 aliphatic heterocycles. The quantitative estimate of drug-likeness (QED) is 0.262. The number of halogens is 2. The molecule has 36 heavy (non-hydrogen) atoms. The van der Waals surface area contributed by atoms with E-state index in [2.05, 4.69) is 10.2 Å². The summed E-state index contributed by atoms with van der Waals surface area (Å²) in [6.45, 7) is -0.197. The Morgan fingerprint density at radius 2 is 1.56 bits per heavy atom. The first-order valence-electron chi connectivity index (χ1n) is 10.9. The standard InChI is InChI=1S/C26H19Cl2N5O3/c27-19-9-5-16(6-10-19)21-14-30-33-25(24(21)17-7-11-20(28)12-8-17)31-32(26(33)35)15-18-3-1-2-4-22(18)36-23(34)13-29/h1-12,14H,13,15,29H2. The molecular weight excluding hydrogens is 501 g/mol. The zero-order valence-electron chi connectivity index (χ0n) is 18.8. The zero-order valence-corrected chi connectivity index (χ0v) is 20.3. The van der Waals surface area contributed by atoms with Gasteiger partial charge in [0.15, 0.2) is 5.65 Å². The number of carbonyl (C=O) groups excluding carboxylic acids is 1. The van der Waals surface area contributed by atoms with Crippen LogP contribution in [0.3, 0.4) is 0 Å². The van der Waals surface area contributed by atoms with Crippen molar-refractivity contribution in [3.63, 3.8) is 0 Å². The molecule has 2 heterocycles. The Bertz CT molecular complexity index is 1630. The number of fused-ring (bicyclic) bond motifs is 1. The summed E-state index contributed by atoms with van der Waals surface area (Å²) in [5, 5.41) is 10.2. The number of carbonyl (C=O) groups is 1. The number of nitrogens with zero attached hydrogens (tertiary/aromatic N) is 4. The van der Waals surface area contributed by atoms with Gasteiger partial charge in [0.25, 0.3) is 0 Å². The van der Waals surface area contributed by atoms with Crippen LogP contribution in [0, 0.1) is 0 Å². The topological polar surface area (TPSA) is 105 Å². The van der Waals surface area contributed by atoms with Gasteiger partial charge in [-0.3, -0.25) is 4.79 Å². The molecule has 5 rings (SSSR count). The highest BCUT2D eigenvalue weighted by molar-refractivity contribution is 6.31. The molecule has 3 aromatic carbocycles. The van der Waals surface area contributed by atoms with Crippen LogP contribution in [0.2, 0.25) is 10.0 Å². The number of hydrogen-bond acceptors (Lipinski definition) is 6. The number of benzene rings is 3. The van der Waals surface area contributed by atoms with Crippen molar-refractivity contribution in [1.29, 1.82) is 0 Å². The second-order valence-electron chi connectivity index (χ2n) is 7.91. The lowest BCUT2D eigenvalue weighted by atomic mass is 9.97. The van der Waals surface area contributed by atoms with Gasteiger partial charge in [-0.25, -0.2) is 9.48 Å². The van der Waals surface area contributed by atoms with E-state index < -0.39 is 11.7 Å². The first kappa shape index (κ1) is 23.7. The minimum absolute atomic E-state index is 0.0621. The fourth-order valence-corrected chi connectivity index (χ4v) is 4.12. The monoisotopic (exact) mass is 519 g/mol. The van der Waals surface area contributed by atoms with Crippen LogP contribution in [0.1, 0.15) is 5.56 Å². The third-order valence-electron chi connectivity index (χ3n) is 5.58. The molecule has 10 heteroatoms. The minimum Gasteiger partial charge on any atom is -0.425 e. The van der Waals surface area contributed by atoms with Gasteiger partial charge in [0, 0.05) is 26.7 Å². The number of rotatable bonds is 6. The fourth-order valence-electron chi connectivity index (χ4n) is 3.87. The van der Waals surface area contributed by atoms with Crippen molar-refractivity contribution in [2.75, 3.05) is 6.54 Å². The SMILES string of the molecule is NCC(=O)Oc1ccccc1Cn1nc2c(-c3ccc(Cl)cc3)c(-c3ccc(Cl)cc3)cnn2c1=O. The Morgan fingerprint density at radius 1 is 0.917 bits per heavy atom. The molecule has 0 saturated carbocycles. The molecule has 0 bridgehead atoms. The van der Waals surface area contributed by atoms with Crippen molar-refractivity contribution in [2.45, 2.75) is 6.54 Å². The van der Waals surface area contributed by atoms with Crippen LogP contribution >= 0.6 is 23.2 Å². The molecule has 0 saturated heterocycles. The van der Waals surface area contributed by atoms with Crippen LogP contribution in [-0.4, -0.2) is 31.9 Å². The first-order valence-corrected chi connectivity index (χ1v) is 11.7. The van der Waals surface area contributed by atoms with Crippen LogP contribution in [0.15, 0.2) is 83.8 Å². The number of hydrogen-bond donors (Lipinski definition) is 1. The second kappa shape index (κ2) is 9.94. The number of para-hydroxylation sites is 1. The third kappa shape index (κ3) is 4.61. The first-order chi connectivity index (χ1) is 17.4. The highest BCUT2D eigenvalue weighted by Gasteiger charge is 2.20. The number of nitrogens with two attached hydrogens (primary N) is 1. The molecule has 0 atom stereocenters. The minimum atomic E-state index is -0.580. The molecule has 5 aromatic rings. The van der Waals surface area contributed by atoms with Crippen LogP contribution < -0.4 is 16.2 Å². The molecule has 2 aromatic heterocycles. The molecular formula is C26H19Cl2N5O3. The van der Waals surface area contributed by atoms with Gasteiger partial charge in [-0.05, 0) is 41.5 Å². The summed E-state index contributed by atoms with van der Waals surface area (Å²) in [7, 11) is 0. The van der Waals surface area contributed by atoms with Crippen molar-refractivity contribution in [1.82, 2.24) is 19.4 Å². The van der Waals surface area contributed by atoms with E-state index in [1.165, 1.54) is 9.20 Å². The number of ether oxygens (including phenoxy) is 1. The van der Waals surface area contributed by atoms with Crippen LogP contribution in [-0.2, 0) is 11.3 Å². The van der Waals surface area contributed by atoms with Gasteiger partial charge in [0.1, 0.15) is 5.75 Å². The predicted octanol–water partition coefficient (Wildman–Crippen LogP) is 4.44. The van der Waals surface area contributed by atoms with Crippen LogP contribution in [0.25, 0.3) is 27.9 Å². The Balaban J connectivity index is 1.68. The van der Waals surface area contributed by atoms with Gasteiger partial charge in [-0.1, -0.05) is 65.7 Å². The molecule has 0 unspecified atom stereocenters.